The van der Waals surface area contributed by atoms with Crippen LogP contribution in [-0.2, 0) is 22.6 Å². The number of benzene rings is 2. The Morgan fingerprint density at radius 2 is 1.59 bits per heavy atom. The lowest BCUT2D eigenvalue weighted by Crippen LogP contribution is -2.54. The molecule has 6 nitrogen and oxygen atoms in total. The molecule has 2 amide bonds. The second-order valence-electron chi connectivity index (χ2n) is 6.63. The van der Waals surface area contributed by atoms with Crippen molar-refractivity contribution in [3.63, 3.8) is 0 Å². The minimum Gasteiger partial charge on any atom is -0.530 e. The van der Waals surface area contributed by atoms with Gasteiger partial charge in [0, 0.05) is 25.9 Å². The van der Waals surface area contributed by atoms with Crippen molar-refractivity contribution in [2.45, 2.75) is 25.4 Å². The van der Waals surface area contributed by atoms with Crippen molar-refractivity contribution < 1.29 is 19.5 Å². The molecule has 1 aliphatic heterocycles. The molecule has 1 atom stereocenters. The minimum absolute atomic E-state index is 0.00938. The molecule has 1 fully saturated rings. The standard InChI is InChI=1S/C21H22N2O4/c24-18-11-12-22(15-18)20(25)19(13-16-7-3-1-4-8-16)23(21(26)27)14-17-9-5-2-6-10-17/h1-10,19H,11-15H2,(H,26,27)/p-1/t19-/m0/s1. The van der Waals surface area contributed by atoms with Gasteiger partial charge in [-0.15, -0.1) is 0 Å². The topological polar surface area (TPSA) is 80.8 Å². The Kier molecular flexibility index (Phi) is 5.86. The van der Waals surface area contributed by atoms with E-state index in [2.05, 4.69) is 0 Å². The van der Waals surface area contributed by atoms with E-state index in [0.717, 1.165) is 16.0 Å². The van der Waals surface area contributed by atoms with Gasteiger partial charge in [-0.25, -0.2) is 0 Å². The van der Waals surface area contributed by atoms with E-state index in [1.165, 1.54) is 4.90 Å². The van der Waals surface area contributed by atoms with Gasteiger partial charge in [0.2, 0.25) is 5.91 Å². The maximum absolute atomic E-state index is 13.1. The number of carboxylic acid groups (broad SMARTS) is 1. The third-order valence-corrected chi connectivity index (χ3v) is 4.70. The normalized spacial score (nSPS) is 14.8. The van der Waals surface area contributed by atoms with Crippen LogP contribution in [0.1, 0.15) is 17.5 Å². The van der Waals surface area contributed by atoms with Crippen LogP contribution in [-0.4, -0.2) is 46.7 Å². The van der Waals surface area contributed by atoms with Crippen LogP contribution in [0.4, 0.5) is 4.79 Å². The van der Waals surface area contributed by atoms with Crippen molar-refractivity contribution in [1.29, 1.82) is 0 Å². The fraction of sp³-hybridized carbons (Fsp3) is 0.286. The Morgan fingerprint density at radius 3 is 2.11 bits per heavy atom. The summed E-state index contributed by atoms with van der Waals surface area (Å²) in [6.07, 6.45) is -0.863. The van der Waals surface area contributed by atoms with E-state index in [-0.39, 0.29) is 31.2 Å². The lowest BCUT2D eigenvalue weighted by Gasteiger charge is -2.35. The van der Waals surface area contributed by atoms with Crippen LogP contribution < -0.4 is 5.11 Å². The zero-order chi connectivity index (χ0) is 19.2. The fourth-order valence-electron chi connectivity index (χ4n) is 3.28. The molecule has 27 heavy (non-hydrogen) atoms. The molecule has 0 aromatic heterocycles. The summed E-state index contributed by atoms with van der Waals surface area (Å²) in [6, 6.07) is 17.4. The third-order valence-electron chi connectivity index (χ3n) is 4.70. The predicted octanol–water partition coefficient (Wildman–Crippen LogP) is 1.24. The molecule has 0 N–H and O–H groups in total. The molecule has 2 aromatic rings. The van der Waals surface area contributed by atoms with Crippen LogP contribution in [0, 0.1) is 0 Å². The number of Topliss-reactive ketones (excluding diaryl/α,β-unsaturated/α-hetero) is 1. The fourth-order valence-corrected chi connectivity index (χ4v) is 3.28. The van der Waals surface area contributed by atoms with Gasteiger partial charge in [-0.3, -0.25) is 9.59 Å². The lowest BCUT2D eigenvalue weighted by molar-refractivity contribution is -0.268. The molecule has 0 saturated carbocycles. The first-order valence-electron chi connectivity index (χ1n) is 8.90. The average molecular weight is 365 g/mol. The highest BCUT2D eigenvalue weighted by molar-refractivity contribution is 5.92. The SMILES string of the molecule is O=C1CCN(C(=O)[C@H](Cc2ccccc2)N(Cc2ccccc2)C(=O)[O-])C1. The van der Waals surface area contributed by atoms with E-state index in [0.29, 0.717) is 13.0 Å². The molecule has 1 aliphatic rings. The number of amides is 2. The molecule has 0 aliphatic carbocycles. The number of carbonyl (C=O) groups excluding carboxylic acids is 3. The summed E-state index contributed by atoms with van der Waals surface area (Å²) < 4.78 is 0. The molecule has 140 valence electrons. The summed E-state index contributed by atoms with van der Waals surface area (Å²) in [5, 5.41) is 11.9. The lowest BCUT2D eigenvalue weighted by atomic mass is 10.0. The van der Waals surface area contributed by atoms with E-state index < -0.39 is 12.1 Å². The molecule has 0 spiro atoms. The maximum atomic E-state index is 13.1. The smallest absolute Gasteiger partial charge is 0.246 e. The first-order chi connectivity index (χ1) is 13.0. The van der Waals surface area contributed by atoms with Crippen molar-refractivity contribution in [3.8, 4) is 0 Å². The van der Waals surface area contributed by atoms with E-state index in [1.807, 2.05) is 48.5 Å². The second-order valence-corrected chi connectivity index (χ2v) is 6.63. The average Bonchev–Trinajstić information content (AvgIpc) is 3.12. The van der Waals surface area contributed by atoms with E-state index in [4.69, 9.17) is 0 Å². The van der Waals surface area contributed by atoms with Gasteiger partial charge < -0.3 is 19.7 Å². The first-order valence-corrected chi connectivity index (χ1v) is 8.90. The molecule has 3 rings (SSSR count). The Morgan fingerprint density at radius 1 is 1.00 bits per heavy atom. The van der Waals surface area contributed by atoms with Gasteiger partial charge in [0.05, 0.1) is 6.54 Å². The molecule has 1 saturated heterocycles. The molecule has 0 radical (unpaired) electrons. The quantitative estimate of drug-likeness (QED) is 0.771. The largest absolute Gasteiger partial charge is 0.530 e. The maximum Gasteiger partial charge on any atom is 0.246 e. The molecular weight excluding hydrogens is 344 g/mol. The Balaban J connectivity index is 1.88. The van der Waals surface area contributed by atoms with Crippen LogP contribution in [0.15, 0.2) is 60.7 Å². The molecule has 6 heteroatoms. The van der Waals surface area contributed by atoms with Crippen LogP contribution in [0.25, 0.3) is 0 Å². The summed E-state index contributed by atoms with van der Waals surface area (Å²) >= 11 is 0. The summed E-state index contributed by atoms with van der Waals surface area (Å²) in [5.74, 6) is -0.366. The second kappa shape index (κ2) is 8.49. The highest BCUT2D eigenvalue weighted by Gasteiger charge is 2.33. The highest BCUT2D eigenvalue weighted by atomic mass is 16.4. The predicted molar refractivity (Wildman–Crippen MR) is 97.5 cm³/mol. The number of rotatable bonds is 6. The van der Waals surface area contributed by atoms with Crippen molar-refractivity contribution >= 4 is 17.8 Å². The summed E-state index contributed by atoms with van der Waals surface area (Å²) in [4.78, 5) is 39.1. The molecular formula is C21H21N2O4-. The molecule has 2 aromatic carbocycles. The molecule has 1 heterocycles. The van der Waals surface area contributed by atoms with Crippen LogP contribution in [0.5, 0.6) is 0 Å². The number of hydrogen-bond donors (Lipinski definition) is 0. The number of likely N-dealkylation sites (tertiary alicyclic amines) is 1. The van der Waals surface area contributed by atoms with Gasteiger partial charge in [0.1, 0.15) is 12.1 Å². The van der Waals surface area contributed by atoms with Gasteiger partial charge in [-0.05, 0) is 11.1 Å². The van der Waals surface area contributed by atoms with E-state index >= 15 is 0 Å². The molecule has 0 bridgehead atoms. The zero-order valence-corrected chi connectivity index (χ0v) is 14.9. The van der Waals surface area contributed by atoms with Gasteiger partial charge >= 0.3 is 0 Å². The Bertz CT molecular complexity index is 807. The Hall–Kier alpha value is -3.15. The molecule has 0 unspecified atom stereocenters. The monoisotopic (exact) mass is 365 g/mol. The van der Waals surface area contributed by atoms with Crippen molar-refractivity contribution in [3.05, 3.63) is 71.8 Å². The van der Waals surface area contributed by atoms with Crippen molar-refractivity contribution in [1.82, 2.24) is 9.80 Å². The summed E-state index contributed by atoms with van der Waals surface area (Å²) in [7, 11) is 0. The minimum atomic E-state index is -1.40. The summed E-state index contributed by atoms with van der Waals surface area (Å²) in [6.45, 7) is 0.416. The zero-order valence-electron chi connectivity index (χ0n) is 14.9. The van der Waals surface area contributed by atoms with Gasteiger partial charge in [0.25, 0.3) is 0 Å². The third kappa shape index (κ3) is 4.73. The van der Waals surface area contributed by atoms with E-state index in [9.17, 15) is 19.5 Å². The number of carbonyl (C=O) groups is 3. The Labute approximate surface area is 158 Å². The highest BCUT2D eigenvalue weighted by Crippen LogP contribution is 2.17. The first kappa shape index (κ1) is 18.6. The van der Waals surface area contributed by atoms with Gasteiger partial charge in [-0.1, -0.05) is 60.7 Å². The summed E-state index contributed by atoms with van der Waals surface area (Å²) in [5.41, 5.74) is 1.62. The van der Waals surface area contributed by atoms with Gasteiger partial charge in [-0.2, -0.15) is 0 Å². The number of nitrogens with zero attached hydrogens (tertiary/aromatic N) is 2. The number of hydrogen-bond acceptors (Lipinski definition) is 4. The van der Waals surface area contributed by atoms with E-state index in [1.54, 1.807) is 12.1 Å². The van der Waals surface area contributed by atoms with Crippen LogP contribution in [0.2, 0.25) is 0 Å². The van der Waals surface area contributed by atoms with Gasteiger partial charge in [0.15, 0.2) is 5.78 Å². The van der Waals surface area contributed by atoms with Crippen molar-refractivity contribution in [2.75, 3.05) is 13.1 Å². The van der Waals surface area contributed by atoms with Crippen LogP contribution >= 0.6 is 0 Å². The van der Waals surface area contributed by atoms with Crippen molar-refractivity contribution in [2.24, 2.45) is 0 Å². The van der Waals surface area contributed by atoms with Crippen LogP contribution in [0.3, 0.4) is 0 Å². The number of ketones is 1.